The van der Waals surface area contributed by atoms with Gasteiger partial charge in [-0.1, -0.05) is 12.1 Å². The van der Waals surface area contributed by atoms with Crippen molar-refractivity contribution in [2.75, 3.05) is 19.6 Å². The normalized spacial score (nSPS) is 17.6. The standard InChI is InChI=1S/C17H19FN2OS.ClH/c18-15-3-1-2-14(10-15)16-11-19-7-8-20(16)17(21)5-4-13-6-9-22-12-13;/h1-3,6,9-10,12,16,19H,4-5,7-8,11H2;1H. The van der Waals surface area contributed by atoms with E-state index in [1.54, 1.807) is 17.4 Å². The number of thiophene rings is 1. The van der Waals surface area contributed by atoms with Gasteiger partial charge in [-0.15, -0.1) is 12.4 Å². The minimum Gasteiger partial charge on any atom is -0.333 e. The molecular weight excluding hydrogens is 335 g/mol. The predicted octanol–water partition coefficient (Wildman–Crippen LogP) is 3.41. The van der Waals surface area contributed by atoms with Crippen molar-refractivity contribution < 1.29 is 9.18 Å². The van der Waals surface area contributed by atoms with Crippen LogP contribution in [0.25, 0.3) is 0 Å². The first-order valence-corrected chi connectivity index (χ1v) is 8.45. The van der Waals surface area contributed by atoms with Crippen LogP contribution in [0, 0.1) is 5.82 Å². The average Bonchev–Trinajstić information content (AvgIpc) is 3.06. The number of nitrogens with one attached hydrogen (secondary N) is 1. The first kappa shape index (κ1) is 17.9. The van der Waals surface area contributed by atoms with Crippen LogP contribution in [0.5, 0.6) is 0 Å². The van der Waals surface area contributed by atoms with Crippen LogP contribution in [0.2, 0.25) is 0 Å². The lowest BCUT2D eigenvalue weighted by molar-refractivity contribution is -0.134. The molecule has 2 heterocycles. The summed E-state index contributed by atoms with van der Waals surface area (Å²) in [6.45, 7) is 2.13. The average molecular weight is 355 g/mol. The number of carbonyl (C=O) groups is 1. The number of hydrogen-bond acceptors (Lipinski definition) is 3. The van der Waals surface area contributed by atoms with Gasteiger partial charge < -0.3 is 10.2 Å². The van der Waals surface area contributed by atoms with Crippen molar-refractivity contribution in [3.8, 4) is 0 Å². The number of hydrogen-bond donors (Lipinski definition) is 1. The molecule has 1 unspecified atom stereocenters. The van der Waals surface area contributed by atoms with E-state index in [9.17, 15) is 9.18 Å². The Labute approximate surface area is 145 Å². The van der Waals surface area contributed by atoms with Gasteiger partial charge in [0.2, 0.25) is 5.91 Å². The third-order valence-corrected chi connectivity index (χ3v) is 4.74. The van der Waals surface area contributed by atoms with Crippen molar-refractivity contribution in [2.45, 2.75) is 18.9 Å². The maximum atomic E-state index is 13.5. The number of rotatable bonds is 4. The number of halogens is 2. The molecule has 0 saturated carbocycles. The van der Waals surface area contributed by atoms with E-state index in [2.05, 4.69) is 16.8 Å². The first-order valence-electron chi connectivity index (χ1n) is 7.51. The van der Waals surface area contributed by atoms with Gasteiger partial charge in [0.25, 0.3) is 0 Å². The van der Waals surface area contributed by atoms with E-state index in [-0.39, 0.29) is 30.2 Å². The number of carbonyl (C=O) groups excluding carboxylic acids is 1. The van der Waals surface area contributed by atoms with E-state index in [0.717, 1.165) is 18.5 Å². The summed E-state index contributed by atoms with van der Waals surface area (Å²) in [5.41, 5.74) is 2.06. The molecule has 124 valence electrons. The summed E-state index contributed by atoms with van der Waals surface area (Å²) in [7, 11) is 0. The minimum absolute atomic E-state index is 0. The number of amides is 1. The van der Waals surface area contributed by atoms with Crippen LogP contribution < -0.4 is 5.32 Å². The highest BCUT2D eigenvalue weighted by Crippen LogP contribution is 2.24. The quantitative estimate of drug-likeness (QED) is 0.912. The Bertz CT molecular complexity index is 635. The zero-order valence-electron chi connectivity index (χ0n) is 12.7. The summed E-state index contributed by atoms with van der Waals surface area (Å²) in [6, 6.07) is 8.52. The van der Waals surface area contributed by atoms with E-state index >= 15 is 0 Å². The van der Waals surface area contributed by atoms with Gasteiger partial charge in [0, 0.05) is 26.1 Å². The fraction of sp³-hybridized carbons (Fsp3) is 0.353. The fourth-order valence-corrected chi connectivity index (χ4v) is 3.55. The Balaban J connectivity index is 0.00000192. The van der Waals surface area contributed by atoms with Crippen LogP contribution in [0.3, 0.4) is 0 Å². The number of aryl methyl sites for hydroxylation is 1. The highest BCUT2D eigenvalue weighted by molar-refractivity contribution is 7.07. The molecule has 1 N–H and O–H groups in total. The van der Waals surface area contributed by atoms with Crippen LogP contribution in [0.15, 0.2) is 41.1 Å². The molecular formula is C17H20ClFN2OS. The molecule has 1 saturated heterocycles. The van der Waals surface area contributed by atoms with Gasteiger partial charge in [0.1, 0.15) is 5.82 Å². The smallest absolute Gasteiger partial charge is 0.223 e. The molecule has 2 aromatic rings. The number of piperazine rings is 1. The zero-order valence-corrected chi connectivity index (χ0v) is 14.3. The van der Waals surface area contributed by atoms with Gasteiger partial charge in [0.05, 0.1) is 6.04 Å². The summed E-state index contributed by atoms with van der Waals surface area (Å²) >= 11 is 1.65. The molecule has 1 aliphatic heterocycles. The maximum absolute atomic E-state index is 13.5. The van der Waals surface area contributed by atoms with Gasteiger partial charge in [0.15, 0.2) is 0 Å². The largest absolute Gasteiger partial charge is 0.333 e. The van der Waals surface area contributed by atoms with Crippen molar-refractivity contribution >= 4 is 29.7 Å². The molecule has 3 rings (SSSR count). The molecule has 1 aromatic heterocycles. The second kappa shape index (κ2) is 8.43. The summed E-state index contributed by atoms with van der Waals surface area (Å²) in [6.07, 6.45) is 1.27. The molecule has 1 aromatic carbocycles. The lowest BCUT2D eigenvalue weighted by atomic mass is 10.0. The summed E-state index contributed by atoms with van der Waals surface area (Å²) in [5, 5.41) is 7.40. The van der Waals surface area contributed by atoms with E-state index in [1.165, 1.54) is 17.7 Å². The minimum atomic E-state index is -0.256. The van der Waals surface area contributed by atoms with Crippen molar-refractivity contribution in [3.63, 3.8) is 0 Å². The van der Waals surface area contributed by atoms with E-state index in [1.807, 2.05) is 16.3 Å². The fourth-order valence-electron chi connectivity index (χ4n) is 2.84. The van der Waals surface area contributed by atoms with E-state index < -0.39 is 0 Å². The first-order chi connectivity index (χ1) is 10.7. The molecule has 6 heteroatoms. The molecule has 0 radical (unpaired) electrons. The monoisotopic (exact) mass is 354 g/mol. The second-order valence-electron chi connectivity index (χ2n) is 5.49. The Hall–Kier alpha value is -1.43. The van der Waals surface area contributed by atoms with Gasteiger partial charge in [-0.3, -0.25) is 4.79 Å². The molecule has 1 fully saturated rings. The summed E-state index contributed by atoms with van der Waals surface area (Å²) in [5.74, 6) is -0.115. The Morgan fingerprint density at radius 1 is 1.39 bits per heavy atom. The second-order valence-corrected chi connectivity index (χ2v) is 6.27. The van der Waals surface area contributed by atoms with Crippen molar-refractivity contribution in [1.82, 2.24) is 10.2 Å². The zero-order chi connectivity index (χ0) is 15.4. The van der Waals surface area contributed by atoms with Gasteiger partial charge in [-0.2, -0.15) is 11.3 Å². The highest BCUT2D eigenvalue weighted by atomic mass is 35.5. The lowest BCUT2D eigenvalue weighted by Gasteiger charge is -2.36. The molecule has 0 bridgehead atoms. The van der Waals surface area contributed by atoms with Gasteiger partial charge >= 0.3 is 0 Å². The Morgan fingerprint density at radius 2 is 2.26 bits per heavy atom. The van der Waals surface area contributed by atoms with Crippen molar-refractivity contribution in [2.24, 2.45) is 0 Å². The summed E-state index contributed by atoms with van der Waals surface area (Å²) in [4.78, 5) is 14.5. The highest BCUT2D eigenvalue weighted by Gasteiger charge is 2.27. The van der Waals surface area contributed by atoms with Crippen LogP contribution in [0.1, 0.15) is 23.6 Å². The van der Waals surface area contributed by atoms with Crippen molar-refractivity contribution in [3.05, 3.63) is 58.0 Å². The molecule has 1 atom stereocenters. The van der Waals surface area contributed by atoms with Gasteiger partial charge in [-0.05, 0) is 46.5 Å². The number of nitrogens with zero attached hydrogens (tertiary/aromatic N) is 1. The molecule has 1 aliphatic rings. The third-order valence-electron chi connectivity index (χ3n) is 4.00. The maximum Gasteiger partial charge on any atom is 0.223 e. The Kier molecular flexibility index (Phi) is 6.57. The third kappa shape index (κ3) is 4.53. The Morgan fingerprint density at radius 3 is 3.00 bits per heavy atom. The summed E-state index contributed by atoms with van der Waals surface area (Å²) < 4.78 is 13.5. The molecule has 1 amide bonds. The predicted molar refractivity (Wildman–Crippen MR) is 93.6 cm³/mol. The van der Waals surface area contributed by atoms with Crippen molar-refractivity contribution in [1.29, 1.82) is 0 Å². The molecule has 23 heavy (non-hydrogen) atoms. The van der Waals surface area contributed by atoms with Crippen LogP contribution in [-0.2, 0) is 11.2 Å². The van der Waals surface area contributed by atoms with Crippen LogP contribution in [-0.4, -0.2) is 30.4 Å². The number of benzene rings is 1. The lowest BCUT2D eigenvalue weighted by Crippen LogP contribution is -2.48. The van der Waals surface area contributed by atoms with Gasteiger partial charge in [-0.25, -0.2) is 4.39 Å². The topological polar surface area (TPSA) is 32.3 Å². The molecule has 0 aliphatic carbocycles. The molecule has 3 nitrogen and oxygen atoms in total. The van der Waals surface area contributed by atoms with Crippen LogP contribution in [0.4, 0.5) is 4.39 Å². The van der Waals surface area contributed by atoms with E-state index in [0.29, 0.717) is 19.5 Å². The molecule has 0 spiro atoms. The van der Waals surface area contributed by atoms with Crippen LogP contribution >= 0.6 is 23.7 Å². The van der Waals surface area contributed by atoms with E-state index in [4.69, 9.17) is 0 Å². The SMILES string of the molecule is Cl.O=C(CCc1ccsc1)N1CCNCC1c1cccc(F)c1.